The van der Waals surface area contributed by atoms with Crippen LogP contribution < -0.4 is 0 Å². The van der Waals surface area contributed by atoms with Crippen molar-refractivity contribution < 1.29 is 25.8 Å². The molecule has 0 saturated heterocycles. The van der Waals surface area contributed by atoms with E-state index in [9.17, 15) is 17.2 Å². The molecule has 0 bridgehead atoms. The van der Waals surface area contributed by atoms with E-state index in [1.165, 1.54) is 12.1 Å². The fraction of sp³-hybridized carbons (Fsp3) is 0.600. The van der Waals surface area contributed by atoms with Gasteiger partial charge in [0.15, 0.2) is 20.0 Å². The Morgan fingerprint density at radius 1 is 1.22 bits per heavy atom. The van der Waals surface area contributed by atoms with Gasteiger partial charge in [-0.25, -0.2) is 8.78 Å². The molecule has 0 aliphatic carbocycles. The Balaban J connectivity index is 3.10. The molecule has 0 amide bonds. The zero-order valence-corrected chi connectivity index (χ0v) is 16.1. The van der Waals surface area contributed by atoms with Crippen molar-refractivity contribution in [2.24, 2.45) is 0 Å². The van der Waals surface area contributed by atoms with Crippen LogP contribution in [0.1, 0.15) is 32.4 Å². The fourth-order valence-electron chi connectivity index (χ4n) is 1.65. The van der Waals surface area contributed by atoms with Gasteiger partial charge >= 0.3 is 0 Å². The van der Waals surface area contributed by atoms with Crippen LogP contribution in [0, 0.1) is 11.6 Å². The van der Waals surface area contributed by atoms with Gasteiger partial charge < -0.3 is 4.43 Å². The van der Waals surface area contributed by atoms with Gasteiger partial charge in [-0.1, -0.05) is 32.9 Å². The van der Waals surface area contributed by atoms with Crippen molar-refractivity contribution in [3.63, 3.8) is 0 Å². The third-order valence-corrected chi connectivity index (χ3v) is 9.10. The van der Waals surface area contributed by atoms with Gasteiger partial charge in [0, 0.05) is 5.56 Å². The first-order chi connectivity index (χ1) is 10.2. The van der Waals surface area contributed by atoms with E-state index >= 15 is 0 Å². The van der Waals surface area contributed by atoms with Crippen molar-refractivity contribution in [2.75, 3.05) is 12.9 Å². The highest BCUT2D eigenvalue weighted by Crippen LogP contribution is 2.37. The van der Waals surface area contributed by atoms with Crippen LogP contribution in [0.2, 0.25) is 18.1 Å². The van der Waals surface area contributed by atoms with Gasteiger partial charge in [0.1, 0.15) is 6.10 Å². The van der Waals surface area contributed by atoms with Crippen LogP contribution in [0.3, 0.4) is 0 Å². The molecule has 132 valence electrons. The van der Waals surface area contributed by atoms with Gasteiger partial charge in [0.05, 0.1) is 12.9 Å². The molecular formula is C15H24F2O4SSi. The highest BCUT2D eigenvalue weighted by atomic mass is 32.2. The zero-order valence-electron chi connectivity index (χ0n) is 14.3. The van der Waals surface area contributed by atoms with Gasteiger partial charge in [-0.3, -0.25) is 4.18 Å². The predicted octanol–water partition coefficient (Wildman–Crippen LogP) is 4.00. The normalized spacial score (nSPS) is 14.8. The lowest BCUT2D eigenvalue weighted by atomic mass is 10.1. The predicted molar refractivity (Wildman–Crippen MR) is 88.2 cm³/mol. The van der Waals surface area contributed by atoms with Gasteiger partial charge in [0.25, 0.3) is 10.1 Å². The molecule has 0 aromatic heterocycles. The molecule has 1 rings (SSSR count). The Morgan fingerprint density at radius 2 is 1.78 bits per heavy atom. The number of hydrogen-bond acceptors (Lipinski definition) is 4. The first kappa shape index (κ1) is 20.2. The summed E-state index contributed by atoms with van der Waals surface area (Å²) in [7, 11) is -6.06. The maximum atomic E-state index is 14.0. The molecule has 1 unspecified atom stereocenters. The zero-order chi connectivity index (χ0) is 18.1. The molecule has 0 fully saturated rings. The van der Waals surface area contributed by atoms with E-state index < -0.39 is 36.2 Å². The van der Waals surface area contributed by atoms with E-state index in [1.54, 1.807) is 0 Å². The smallest absolute Gasteiger partial charge is 0.265 e. The summed E-state index contributed by atoms with van der Waals surface area (Å²) >= 11 is 0. The molecule has 23 heavy (non-hydrogen) atoms. The lowest BCUT2D eigenvalue weighted by Crippen LogP contribution is -2.42. The number of rotatable bonds is 6. The summed E-state index contributed by atoms with van der Waals surface area (Å²) in [6.45, 7) is 9.86. The molecule has 0 heterocycles. The van der Waals surface area contributed by atoms with E-state index in [2.05, 4.69) is 0 Å². The van der Waals surface area contributed by atoms with Gasteiger partial charge in [-0.2, -0.15) is 8.42 Å². The Morgan fingerprint density at radius 3 is 2.26 bits per heavy atom. The Hall–Kier alpha value is -0.833. The van der Waals surface area contributed by atoms with Gasteiger partial charge in [-0.05, 0) is 24.2 Å². The summed E-state index contributed by atoms with van der Waals surface area (Å²) in [5.41, 5.74) is -0.172. The topological polar surface area (TPSA) is 52.6 Å². The Kier molecular flexibility index (Phi) is 6.12. The number of halogens is 2. The average Bonchev–Trinajstić information content (AvgIpc) is 2.35. The van der Waals surface area contributed by atoms with Crippen molar-refractivity contribution in [3.8, 4) is 0 Å². The lowest BCUT2D eigenvalue weighted by Gasteiger charge is -2.37. The van der Waals surface area contributed by atoms with Gasteiger partial charge in [0.2, 0.25) is 0 Å². The van der Waals surface area contributed by atoms with Crippen LogP contribution in [0.25, 0.3) is 0 Å². The molecule has 0 aliphatic rings. The van der Waals surface area contributed by atoms with E-state index in [0.29, 0.717) is 0 Å². The molecule has 0 N–H and O–H groups in total. The number of benzene rings is 1. The van der Waals surface area contributed by atoms with Crippen LogP contribution in [0.15, 0.2) is 18.2 Å². The molecule has 8 heteroatoms. The van der Waals surface area contributed by atoms with E-state index in [0.717, 1.165) is 12.3 Å². The SMILES string of the molecule is CC(C)(C)[Si](C)(C)OCC(OS(C)(=O)=O)c1cccc(F)c1F. The summed E-state index contributed by atoms with van der Waals surface area (Å²) in [5, 5.41) is -0.108. The highest BCUT2D eigenvalue weighted by Gasteiger charge is 2.38. The summed E-state index contributed by atoms with van der Waals surface area (Å²) in [6.07, 6.45) is -0.362. The maximum Gasteiger partial charge on any atom is 0.265 e. The molecule has 1 aromatic carbocycles. The summed E-state index contributed by atoms with van der Waals surface area (Å²) in [4.78, 5) is 0. The highest BCUT2D eigenvalue weighted by molar-refractivity contribution is 7.86. The molecular weight excluding hydrogens is 342 g/mol. The minimum atomic E-state index is -3.86. The van der Waals surface area contributed by atoms with E-state index in [4.69, 9.17) is 8.61 Å². The van der Waals surface area contributed by atoms with Crippen LogP contribution in [-0.2, 0) is 18.7 Å². The fourth-order valence-corrected chi connectivity index (χ4v) is 3.23. The third kappa shape index (κ3) is 5.63. The lowest BCUT2D eigenvalue weighted by molar-refractivity contribution is 0.124. The Labute approximate surface area is 138 Å². The van der Waals surface area contributed by atoms with E-state index in [1.807, 2.05) is 33.9 Å². The second kappa shape index (κ2) is 6.96. The quantitative estimate of drug-likeness (QED) is 0.564. The van der Waals surface area contributed by atoms with Crippen molar-refractivity contribution in [1.29, 1.82) is 0 Å². The monoisotopic (exact) mass is 366 g/mol. The second-order valence-electron chi connectivity index (χ2n) is 7.00. The van der Waals surface area contributed by atoms with Crippen LogP contribution in [0.4, 0.5) is 8.78 Å². The first-order valence-electron chi connectivity index (χ1n) is 7.21. The van der Waals surface area contributed by atoms with Crippen molar-refractivity contribution in [2.45, 2.75) is 45.0 Å². The second-order valence-corrected chi connectivity index (χ2v) is 13.4. The molecule has 1 atom stereocenters. The van der Waals surface area contributed by atoms with Crippen molar-refractivity contribution in [3.05, 3.63) is 35.4 Å². The van der Waals surface area contributed by atoms with Gasteiger partial charge in [-0.15, -0.1) is 0 Å². The van der Waals surface area contributed by atoms with E-state index in [-0.39, 0.29) is 17.2 Å². The summed E-state index contributed by atoms with van der Waals surface area (Å²) in [5.74, 6) is -2.18. The molecule has 0 saturated carbocycles. The minimum Gasteiger partial charge on any atom is -0.414 e. The summed E-state index contributed by atoms with van der Waals surface area (Å²) in [6, 6.07) is 3.56. The molecule has 0 radical (unpaired) electrons. The molecule has 0 spiro atoms. The summed E-state index contributed by atoms with van der Waals surface area (Å²) < 4.78 is 61.2. The standard InChI is InChI=1S/C15H24F2O4SSi/c1-15(2,3)23(5,6)20-10-13(21-22(4,18)19)11-8-7-9-12(16)14(11)17/h7-9,13H,10H2,1-6H3. The van der Waals surface area contributed by atoms with Crippen LogP contribution in [0.5, 0.6) is 0 Å². The molecule has 0 aliphatic heterocycles. The molecule has 4 nitrogen and oxygen atoms in total. The van der Waals surface area contributed by atoms with Crippen LogP contribution in [-0.4, -0.2) is 29.6 Å². The minimum absolute atomic E-state index is 0.108. The number of hydrogen-bond donors (Lipinski definition) is 0. The van der Waals surface area contributed by atoms with Crippen molar-refractivity contribution >= 4 is 18.4 Å². The first-order valence-corrected chi connectivity index (χ1v) is 11.9. The largest absolute Gasteiger partial charge is 0.414 e. The van der Waals surface area contributed by atoms with Crippen molar-refractivity contribution in [1.82, 2.24) is 0 Å². The molecule has 1 aromatic rings. The average molecular weight is 367 g/mol. The maximum absolute atomic E-state index is 14.0. The Bertz CT molecular complexity index is 654. The van der Waals surface area contributed by atoms with Crippen LogP contribution >= 0.6 is 0 Å². The third-order valence-electron chi connectivity index (χ3n) is 4.02.